The van der Waals surface area contributed by atoms with Crippen LogP contribution in [0.4, 0.5) is 0 Å². The van der Waals surface area contributed by atoms with Crippen molar-refractivity contribution in [1.82, 2.24) is 4.98 Å². The number of aromatic nitrogens is 1. The van der Waals surface area contributed by atoms with Crippen molar-refractivity contribution in [2.24, 2.45) is 5.16 Å². The van der Waals surface area contributed by atoms with Gasteiger partial charge in [0.15, 0.2) is 0 Å². The van der Waals surface area contributed by atoms with E-state index in [1.807, 2.05) is 12.1 Å². The molecule has 0 aliphatic heterocycles. The van der Waals surface area contributed by atoms with Gasteiger partial charge in [0.1, 0.15) is 6.61 Å². The van der Waals surface area contributed by atoms with Crippen LogP contribution in [0.1, 0.15) is 109 Å². The summed E-state index contributed by atoms with van der Waals surface area (Å²) in [6.45, 7) is 2.51. The van der Waals surface area contributed by atoms with Crippen molar-refractivity contribution >= 4 is 11.7 Å². The molecule has 0 radical (unpaired) electrons. The zero-order valence-corrected chi connectivity index (χ0v) is 18.3. The van der Waals surface area contributed by atoms with Crippen LogP contribution in [0.5, 0.6) is 0 Å². The molecular weight excluding hydrogens is 364 g/mol. The molecule has 0 saturated heterocycles. The molecule has 0 spiro atoms. The molecule has 0 saturated carbocycles. The van der Waals surface area contributed by atoms with Crippen molar-refractivity contribution in [3.63, 3.8) is 0 Å². The van der Waals surface area contributed by atoms with E-state index in [0.29, 0.717) is 19.3 Å². The van der Waals surface area contributed by atoms with E-state index in [2.05, 4.69) is 17.1 Å². The van der Waals surface area contributed by atoms with Gasteiger partial charge in [0.25, 0.3) is 0 Å². The van der Waals surface area contributed by atoms with Crippen LogP contribution in [0.3, 0.4) is 0 Å². The normalized spacial score (nSPS) is 11.6. The van der Waals surface area contributed by atoms with Crippen LogP contribution in [0.2, 0.25) is 0 Å². The summed E-state index contributed by atoms with van der Waals surface area (Å²) in [6.07, 6.45) is 20.2. The van der Waals surface area contributed by atoms with E-state index >= 15 is 0 Å². The maximum Gasteiger partial charge on any atom is 0.306 e. The summed E-state index contributed by atoms with van der Waals surface area (Å²) in [5.74, 6) is -0.221. The van der Waals surface area contributed by atoms with Crippen LogP contribution in [-0.2, 0) is 16.1 Å². The maximum absolute atomic E-state index is 11.8. The van der Waals surface area contributed by atoms with Crippen LogP contribution in [0.25, 0.3) is 0 Å². The molecule has 29 heavy (non-hydrogen) atoms. The fraction of sp³-hybridized carbons (Fsp3) is 0.708. The first kappa shape index (κ1) is 25.1. The van der Waals surface area contributed by atoms with Crippen LogP contribution < -0.4 is 0 Å². The number of pyridine rings is 1. The second-order valence-corrected chi connectivity index (χ2v) is 7.83. The maximum atomic E-state index is 11.8. The smallest absolute Gasteiger partial charge is 0.306 e. The van der Waals surface area contributed by atoms with Crippen molar-refractivity contribution in [1.29, 1.82) is 0 Å². The molecule has 0 bridgehead atoms. The van der Waals surface area contributed by atoms with Gasteiger partial charge in [0.2, 0.25) is 0 Å². The Balaban J connectivity index is 1.95. The van der Waals surface area contributed by atoms with Crippen LogP contribution in [0, 0.1) is 0 Å². The molecule has 1 rings (SSSR count). The number of esters is 1. The van der Waals surface area contributed by atoms with Gasteiger partial charge in [0.05, 0.1) is 5.71 Å². The molecule has 0 amide bonds. The molecular formula is C24H40N2O3. The number of unbranched alkanes of at least 4 members (excludes halogenated alkanes) is 10. The summed E-state index contributed by atoms with van der Waals surface area (Å²) in [5, 5.41) is 12.6. The molecule has 5 nitrogen and oxygen atoms in total. The fourth-order valence-electron chi connectivity index (χ4n) is 3.37. The van der Waals surface area contributed by atoms with E-state index in [4.69, 9.17) is 9.94 Å². The van der Waals surface area contributed by atoms with Gasteiger partial charge in [-0.2, -0.15) is 0 Å². The SMILES string of the molecule is CCCCCCCCCCCCCC(CCCC(=O)OCc1cccnc1)=NO. The molecule has 0 unspecified atom stereocenters. The molecule has 1 aromatic heterocycles. The number of oxime groups is 1. The predicted octanol–water partition coefficient (Wildman–Crippen LogP) is 6.83. The first-order chi connectivity index (χ1) is 14.3. The predicted molar refractivity (Wildman–Crippen MR) is 118 cm³/mol. The third-order valence-corrected chi connectivity index (χ3v) is 5.18. The van der Waals surface area contributed by atoms with Gasteiger partial charge in [-0.05, 0) is 31.7 Å². The number of nitrogens with zero attached hydrogens (tertiary/aromatic N) is 2. The lowest BCUT2D eigenvalue weighted by atomic mass is 10.0. The molecule has 164 valence electrons. The van der Waals surface area contributed by atoms with Gasteiger partial charge < -0.3 is 9.94 Å². The molecule has 5 heteroatoms. The Bertz CT molecular complexity index is 546. The van der Waals surface area contributed by atoms with Gasteiger partial charge in [-0.1, -0.05) is 82.4 Å². The van der Waals surface area contributed by atoms with Gasteiger partial charge in [0, 0.05) is 24.4 Å². The van der Waals surface area contributed by atoms with Crippen molar-refractivity contribution in [3.8, 4) is 0 Å². The van der Waals surface area contributed by atoms with Gasteiger partial charge in [-0.3, -0.25) is 9.78 Å². The molecule has 0 aromatic carbocycles. The van der Waals surface area contributed by atoms with Crippen molar-refractivity contribution in [3.05, 3.63) is 30.1 Å². The summed E-state index contributed by atoms with van der Waals surface area (Å²) in [7, 11) is 0. The van der Waals surface area contributed by atoms with Gasteiger partial charge in [-0.25, -0.2) is 0 Å². The molecule has 1 N–H and O–H groups in total. The zero-order chi connectivity index (χ0) is 21.0. The topological polar surface area (TPSA) is 71.8 Å². The molecule has 1 aromatic rings. The van der Waals surface area contributed by atoms with Crippen LogP contribution in [-0.4, -0.2) is 21.9 Å². The monoisotopic (exact) mass is 404 g/mol. The molecule has 0 atom stereocenters. The zero-order valence-electron chi connectivity index (χ0n) is 18.3. The average molecular weight is 405 g/mol. The highest BCUT2D eigenvalue weighted by Gasteiger charge is 2.06. The largest absolute Gasteiger partial charge is 0.461 e. The Kier molecular flexibility index (Phi) is 15.7. The van der Waals surface area contributed by atoms with E-state index in [1.165, 1.54) is 64.2 Å². The highest BCUT2D eigenvalue weighted by Crippen LogP contribution is 2.13. The standard InChI is InChI=1S/C24H40N2O3/c1-2-3-4-5-6-7-8-9-10-11-12-16-23(26-28)17-13-18-24(27)29-21-22-15-14-19-25-20-22/h14-15,19-20,28H,2-13,16-18,21H2,1H3. The summed E-state index contributed by atoms with van der Waals surface area (Å²) >= 11 is 0. The number of hydrogen-bond acceptors (Lipinski definition) is 5. The van der Waals surface area contributed by atoms with E-state index in [-0.39, 0.29) is 12.6 Å². The van der Waals surface area contributed by atoms with Crippen LogP contribution >= 0.6 is 0 Å². The summed E-state index contributed by atoms with van der Waals surface area (Å²) in [6, 6.07) is 3.70. The van der Waals surface area contributed by atoms with Gasteiger partial charge in [-0.15, -0.1) is 0 Å². The Hall–Kier alpha value is -1.91. The second-order valence-electron chi connectivity index (χ2n) is 7.83. The van der Waals surface area contributed by atoms with E-state index < -0.39 is 0 Å². The number of hydrogen-bond donors (Lipinski definition) is 1. The Morgan fingerprint density at radius 1 is 0.931 bits per heavy atom. The molecule has 0 aliphatic carbocycles. The quantitative estimate of drug-likeness (QED) is 0.0957. The Morgan fingerprint density at radius 3 is 2.14 bits per heavy atom. The third kappa shape index (κ3) is 14.7. The summed E-state index contributed by atoms with van der Waals surface area (Å²) < 4.78 is 5.23. The lowest BCUT2D eigenvalue weighted by Gasteiger charge is -2.06. The number of ether oxygens (including phenoxy) is 1. The first-order valence-electron chi connectivity index (χ1n) is 11.5. The highest BCUT2D eigenvalue weighted by molar-refractivity contribution is 5.84. The van der Waals surface area contributed by atoms with Crippen molar-refractivity contribution in [2.75, 3.05) is 0 Å². The Labute approximate surface area is 177 Å². The lowest BCUT2D eigenvalue weighted by molar-refractivity contribution is -0.145. The van der Waals surface area contributed by atoms with Crippen molar-refractivity contribution in [2.45, 2.75) is 110 Å². The summed E-state index contributed by atoms with van der Waals surface area (Å²) in [4.78, 5) is 15.8. The highest BCUT2D eigenvalue weighted by atomic mass is 16.5. The minimum absolute atomic E-state index is 0.221. The minimum atomic E-state index is -0.221. The van der Waals surface area contributed by atoms with Crippen LogP contribution in [0.15, 0.2) is 29.7 Å². The molecule has 0 fully saturated rings. The number of carbonyl (C=O) groups is 1. The third-order valence-electron chi connectivity index (χ3n) is 5.18. The van der Waals surface area contributed by atoms with E-state index in [1.54, 1.807) is 12.4 Å². The number of carbonyl (C=O) groups excluding carboxylic acids is 1. The minimum Gasteiger partial charge on any atom is -0.461 e. The van der Waals surface area contributed by atoms with Crippen molar-refractivity contribution < 1.29 is 14.7 Å². The average Bonchev–Trinajstić information content (AvgIpc) is 2.75. The molecule has 1 heterocycles. The second kappa shape index (κ2) is 18.1. The van der Waals surface area contributed by atoms with E-state index in [0.717, 1.165) is 24.1 Å². The first-order valence-corrected chi connectivity index (χ1v) is 11.5. The lowest BCUT2D eigenvalue weighted by Crippen LogP contribution is -2.06. The summed E-state index contributed by atoms with van der Waals surface area (Å²) in [5.41, 5.74) is 1.68. The fourth-order valence-corrected chi connectivity index (χ4v) is 3.37. The van der Waals surface area contributed by atoms with Gasteiger partial charge >= 0.3 is 5.97 Å². The Morgan fingerprint density at radius 2 is 1.55 bits per heavy atom. The molecule has 0 aliphatic rings. The number of rotatable bonds is 18. The van der Waals surface area contributed by atoms with E-state index in [9.17, 15) is 4.79 Å².